The fourth-order valence-electron chi connectivity index (χ4n) is 5.66. The molecule has 0 amide bonds. The van der Waals surface area contributed by atoms with Crippen molar-refractivity contribution < 1.29 is 4.74 Å². The van der Waals surface area contributed by atoms with E-state index in [0.717, 1.165) is 42.9 Å². The second kappa shape index (κ2) is 4.73. The van der Waals surface area contributed by atoms with Crippen LogP contribution < -0.4 is 5.32 Å². The Labute approximate surface area is 117 Å². The summed E-state index contributed by atoms with van der Waals surface area (Å²) in [5.74, 6) is 4.22. The molecule has 2 heteroatoms. The largest absolute Gasteiger partial charge is 0.381 e. The second-order valence-electron chi connectivity index (χ2n) is 8.26. The maximum Gasteiger partial charge on any atom is 0.0471 e. The molecule has 0 radical (unpaired) electrons. The summed E-state index contributed by atoms with van der Waals surface area (Å²) in [5.41, 5.74) is 0.493. The van der Waals surface area contributed by atoms with Crippen LogP contribution in [0.15, 0.2) is 0 Å². The highest BCUT2D eigenvalue weighted by Crippen LogP contribution is 2.53. The van der Waals surface area contributed by atoms with Crippen LogP contribution >= 0.6 is 0 Å². The minimum Gasteiger partial charge on any atom is -0.381 e. The van der Waals surface area contributed by atoms with E-state index in [0.29, 0.717) is 5.41 Å². The third-order valence-corrected chi connectivity index (χ3v) is 6.69. The number of ether oxygens (including phenoxy) is 1. The second-order valence-corrected chi connectivity index (χ2v) is 8.26. The van der Waals surface area contributed by atoms with Crippen LogP contribution in [0.3, 0.4) is 0 Å². The van der Waals surface area contributed by atoms with E-state index in [1.54, 1.807) is 6.42 Å². The lowest BCUT2D eigenvalue weighted by atomic mass is 9.54. The van der Waals surface area contributed by atoms with Crippen molar-refractivity contribution in [2.45, 2.75) is 57.9 Å². The van der Waals surface area contributed by atoms with E-state index in [1.807, 2.05) is 0 Å². The highest BCUT2D eigenvalue weighted by Gasteiger charge is 2.48. The molecule has 2 nitrogen and oxygen atoms in total. The van der Waals surface area contributed by atoms with Crippen LogP contribution in [0.2, 0.25) is 0 Å². The lowest BCUT2D eigenvalue weighted by Gasteiger charge is -2.55. The number of rotatable bonds is 3. The lowest BCUT2D eigenvalue weighted by molar-refractivity contribution is -0.0249. The third-order valence-electron chi connectivity index (χ3n) is 6.69. The smallest absolute Gasteiger partial charge is 0.0471 e. The van der Waals surface area contributed by atoms with E-state index in [4.69, 9.17) is 4.74 Å². The maximum atomic E-state index is 5.52. The van der Waals surface area contributed by atoms with Gasteiger partial charge in [-0.2, -0.15) is 0 Å². The van der Waals surface area contributed by atoms with Gasteiger partial charge >= 0.3 is 0 Å². The molecule has 1 saturated heterocycles. The average Bonchev–Trinajstić information content (AvgIpc) is 2.38. The van der Waals surface area contributed by atoms with E-state index in [-0.39, 0.29) is 0 Å². The molecular weight excluding hydrogens is 234 g/mol. The zero-order valence-corrected chi connectivity index (χ0v) is 12.4. The first kappa shape index (κ1) is 12.6. The average molecular weight is 263 g/mol. The molecule has 1 heterocycles. The van der Waals surface area contributed by atoms with Gasteiger partial charge in [-0.05, 0) is 74.0 Å². The van der Waals surface area contributed by atoms with Crippen molar-refractivity contribution >= 4 is 0 Å². The van der Waals surface area contributed by atoms with Crippen molar-refractivity contribution in [3.63, 3.8) is 0 Å². The molecule has 0 aromatic carbocycles. The molecule has 1 aliphatic heterocycles. The van der Waals surface area contributed by atoms with E-state index >= 15 is 0 Å². The summed E-state index contributed by atoms with van der Waals surface area (Å²) >= 11 is 0. The normalized spacial score (nSPS) is 47.5. The van der Waals surface area contributed by atoms with Gasteiger partial charge in [-0.1, -0.05) is 6.92 Å². The lowest BCUT2D eigenvalue weighted by Crippen LogP contribution is -2.56. The van der Waals surface area contributed by atoms with Gasteiger partial charge in [0.25, 0.3) is 0 Å². The van der Waals surface area contributed by atoms with Gasteiger partial charge in [0.1, 0.15) is 0 Å². The summed E-state index contributed by atoms with van der Waals surface area (Å²) in [4.78, 5) is 0. The molecule has 0 spiro atoms. The van der Waals surface area contributed by atoms with Gasteiger partial charge in [0.05, 0.1) is 0 Å². The van der Waals surface area contributed by atoms with Crippen molar-refractivity contribution in [3.05, 3.63) is 0 Å². The molecule has 0 unspecified atom stereocenters. The van der Waals surface area contributed by atoms with E-state index < -0.39 is 0 Å². The minimum atomic E-state index is 0.493. The topological polar surface area (TPSA) is 21.3 Å². The molecule has 5 rings (SSSR count). The Bertz CT molecular complexity index is 306. The predicted octanol–water partition coefficient (Wildman–Crippen LogP) is 3.22. The van der Waals surface area contributed by atoms with Crippen LogP contribution in [0.5, 0.6) is 0 Å². The molecule has 5 fully saturated rings. The highest BCUT2D eigenvalue weighted by molar-refractivity contribution is 5.01. The Balaban J connectivity index is 1.38. The first-order chi connectivity index (χ1) is 9.22. The standard InChI is InChI=1S/C17H29NO/c1-17(2-4-19-5-3-17)11-18-16-14-7-12-6-13(9-14)10-15(16)8-12/h12-16,18H,2-11H2,1H3. The molecule has 5 aliphatic rings. The van der Waals surface area contributed by atoms with Gasteiger partial charge in [-0.25, -0.2) is 0 Å². The molecule has 1 N–H and O–H groups in total. The van der Waals surface area contributed by atoms with Crippen LogP contribution in [0.4, 0.5) is 0 Å². The summed E-state index contributed by atoms with van der Waals surface area (Å²) in [7, 11) is 0. The zero-order valence-electron chi connectivity index (χ0n) is 12.4. The van der Waals surface area contributed by atoms with Crippen LogP contribution in [0.1, 0.15) is 51.9 Å². The van der Waals surface area contributed by atoms with Crippen LogP contribution in [-0.4, -0.2) is 25.8 Å². The van der Waals surface area contributed by atoms with Gasteiger partial charge in [-0.3, -0.25) is 0 Å². The van der Waals surface area contributed by atoms with Crippen LogP contribution in [0, 0.1) is 29.1 Å². The number of nitrogens with one attached hydrogen (secondary N) is 1. The monoisotopic (exact) mass is 263 g/mol. The molecule has 4 bridgehead atoms. The fourth-order valence-corrected chi connectivity index (χ4v) is 5.66. The van der Waals surface area contributed by atoms with Gasteiger partial charge in [-0.15, -0.1) is 0 Å². The quantitative estimate of drug-likeness (QED) is 0.844. The fraction of sp³-hybridized carbons (Fsp3) is 1.00. The van der Waals surface area contributed by atoms with Gasteiger partial charge < -0.3 is 10.1 Å². The minimum absolute atomic E-state index is 0.493. The first-order valence-corrected chi connectivity index (χ1v) is 8.53. The van der Waals surface area contributed by atoms with E-state index in [2.05, 4.69) is 12.2 Å². The Hall–Kier alpha value is -0.0800. The number of hydrogen-bond acceptors (Lipinski definition) is 2. The highest BCUT2D eigenvalue weighted by atomic mass is 16.5. The summed E-state index contributed by atoms with van der Waals surface area (Å²) in [6.45, 7) is 5.63. The zero-order chi connectivity index (χ0) is 12.9. The summed E-state index contributed by atoms with van der Waals surface area (Å²) in [6, 6.07) is 0.854. The van der Waals surface area contributed by atoms with Crippen molar-refractivity contribution in [2.75, 3.05) is 19.8 Å². The Morgan fingerprint density at radius 3 is 2.11 bits per heavy atom. The van der Waals surface area contributed by atoms with Gasteiger partial charge in [0.15, 0.2) is 0 Å². The van der Waals surface area contributed by atoms with Crippen LogP contribution in [0.25, 0.3) is 0 Å². The van der Waals surface area contributed by atoms with E-state index in [1.165, 1.54) is 45.1 Å². The van der Waals surface area contributed by atoms with Crippen LogP contribution in [-0.2, 0) is 4.74 Å². The summed E-state index contributed by atoms with van der Waals surface area (Å²) in [5, 5.41) is 4.02. The molecule has 0 atom stereocenters. The molecule has 19 heavy (non-hydrogen) atoms. The summed E-state index contributed by atoms with van der Waals surface area (Å²) in [6.07, 6.45) is 10.2. The maximum absolute atomic E-state index is 5.52. The van der Waals surface area contributed by atoms with E-state index in [9.17, 15) is 0 Å². The van der Waals surface area contributed by atoms with Gasteiger partial charge in [0, 0.05) is 25.8 Å². The molecule has 108 valence electrons. The SMILES string of the molecule is CC1(CNC2C3CC4CC(C3)CC2C4)CCOCC1. The molecule has 4 aliphatic carbocycles. The van der Waals surface area contributed by atoms with Gasteiger partial charge in [0.2, 0.25) is 0 Å². The predicted molar refractivity (Wildman–Crippen MR) is 77.0 cm³/mol. The molecule has 0 aromatic rings. The molecule has 4 saturated carbocycles. The Morgan fingerprint density at radius 1 is 0.947 bits per heavy atom. The molecular formula is C17H29NO. The first-order valence-electron chi connectivity index (χ1n) is 8.53. The summed E-state index contributed by atoms with van der Waals surface area (Å²) < 4.78 is 5.52. The van der Waals surface area contributed by atoms with Crippen molar-refractivity contribution in [2.24, 2.45) is 29.1 Å². The van der Waals surface area contributed by atoms with Crippen molar-refractivity contribution in [3.8, 4) is 0 Å². The third kappa shape index (κ3) is 2.35. The Kier molecular flexibility index (Phi) is 3.15. The number of hydrogen-bond donors (Lipinski definition) is 1. The van der Waals surface area contributed by atoms with Crippen molar-refractivity contribution in [1.29, 1.82) is 0 Å². The van der Waals surface area contributed by atoms with Crippen molar-refractivity contribution in [1.82, 2.24) is 5.32 Å². The Morgan fingerprint density at radius 2 is 1.53 bits per heavy atom. The molecule has 0 aromatic heterocycles.